The van der Waals surface area contributed by atoms with Gasteiger partial charge in [0.1, 0.15) is 0 Å². The maximum Gasteiger partial charge on any atom is 0.284 e. The van der Waals surface area contributed by atoms with E-state index in [1.165, 1.54) is 6.07 Å². The van der Waals surface area contributed by atoms with Crippen LogP contribution in [0.5, 0.6) is 0 Å². The summed E-state index contributed by atoms with van der Waals surface area (Å²) in [5.74, 6) is 0. The molecule has 0 aliphatic rings. The molecule has 1 rings (SSSR count). The van der Waals surface area contributed by atoms with Gasteiger partial charge in [0.15, 0.2) is 0 Å². The molecule has 0 nitrogen and oxygen atoms in total. The van der Waals surface area contributed by atoms with E-state index >= 15 is 0 Å². The first-order chi connectivity index (χ1) is 5.61. The molecular formula is C8H4BrClF2. The Hall–Kier alpha value is -0.410. The van der Waals surface area contributed by atoms with E-state index in [9.17, 15) is 8.78 Å². The predicted molar refractivity (Wildman–Crippen MR) is 49.5 cm³/mol. The number of rotatable bonds is 1. The van der Waals surface area contributed by atoms with E-state index in [-0.39, 0.29) is 4.48 Å². The molecule has 1 aromatic rings. The van der Waals surface area contributed by atoms with Crippen molar-refractivity contribution in [3.63, 3.8) is 0 Å². The molecule has 12 heavy (non-hydrogen) atoms. The average molecular weight is 253 g/mol. The summed E-state index contributed by atoms with van der Waals surface area (Å²) in [7, 11) is 0. The third kappa shape index (κ3) is 2.29. The largest absolute Gasteiger partial charge is 0.284 e. The topological polar surface area (TPSA) is 0 Å². The lowest BCUT2D eigenvalue weighted by Gasteiger charge is -1.97. The monoisotopic (exact) mass is 252 g/mol. The van der Waals surface area contributed by atoms with Gasteiger partial charge in [-0.1, -0.05) is 23.7 Å². The Balaban J connectivity index is 3.13. The molecule has 0 N–H and O–H groups in total. The molecule has 0 atom stereocenters. The number of halogens is 4. The molecule has 64 valence electrons. The van der Waals surface area contributed by atoms with Crippen LogP contribution in [-0.2, 0) is 0 Å². The second-order valence-electron chi connectivity index (χ2n) is 2.08. The minimum absolute atomic E-state index is 0.218. The van der Waals surface area contributed by atoms with Gasteiger partial charge in [-0.3, -0.25) is 0 Å². The van der Waals surface area contributed by atoms with Crippen molar-refractivity contribution in [2.24, 2.45) is 0 Å². The van der Waals surface area contributed by atoms with E-state index < -0.39 is 6.08 Å². The Labute approximate surface area is 82.0 Å². The summed E-state index contributed by atoms with van der Waals surface area (Å²) in [6, 6.07) is 6.25. The van der Waals surface area contributed by atoms with Crippen LogP contribution >= 0.6 is 27.5 Å². The molecule has 0 spiro atoms. The van der Waals surface area contributed by atoms with Crippen molar-refractivity contribution in [2.75, 3.05) is 0 Å². The molecule has 0 heterocycles. The molecule has 0 bridgehead atoms. The highest BCUT2D eigenvalue weighted by molar-refractivity contribution is 9.15. The van der Waals surface area contributed by atoms with Crippen LogP contribution in [0.2, 0.25) is 5.02 Å². The van der Waals surface area contributed by atoms with E-state index in [1.807, 2.05) is 0 Å². The van der Waals surface area contributed by atoms with E-state index in [1.54, 1.807) is 18.2 Å². The van der Waals surface area contributed by atoms with Crippen LogP contribution in [0.1, 0.15) is 5.56 Å². The maximum absolute atomic E-state index is 12.0. The molecular weight excluding hydrogens is 249 g/mol. The number of hydrogen-bond donors (Lipinski definition) is 0. The van der Waals surface area contributed by atoms with Crippen LogP contribution in [0.15, 0.2) is 30.3 Å². The average Bonchev–Trinajstić information content (AvgIpc) is 2.03. The van der Waals surface area contributed by atoms with Crippen LogP contribution in [0.3, 0.4) is 0 Å². The van der Waals surface area contributed by atoms with Gasteiger partial charge in [-0.05, 0) is 33.6 Å². The molecule has 0 saturated carbocycles. The summed E-state index contributed by atoms with van der Waals surface area (Å²) in [6.07, 6.45) is -1.75. The number of hydrogen-bond acceptors (Lipinski definition) is 0. The Bertz CT molecular complexity index is 319. The SMILES string of the molecule is FC(F)=C(Br)c1cccc(Cl)c1. The molecule has 0 fully saturated rings. The first kappa shape index (κ1) is 9.68. The highest BCUT2D eigenvalue weighted by Gasteiger charge is 2.04. The van der Waals surface area contributed by atoms with Crippen LogP contribution in [0.25, 0.3) is 4.48 Å². The van der Waals surface area contributed by atoms with E-state index in [0.717, 1.165) is 0 Å². The summed E-state index contributed by atoms with van der Waals surface area (Å²) in [5, 5.41) is 0.436. The zero-order valence-electron chi connectivity index (χ0n) is 5.82. The highest BCUT2D eigenvalue weighted by atomic mass is 79.9. The van der Waals surface area contributed by atoms with Gasteiger partial charge in [0.2, 0.25) is 0 Å². The first-order valence-electron chi connectivity index (χ1n) is 3.08. The summed E-state index contributed by atoms with van der Waals surface area (Å²) in [5.41, 5.74) is 0.377. The zero-order valence-corrected chi connectivity index (χ0v) is 8.16. The Morgan fingerprint density at radius 3 is 2.50 bits per heavy atom. The summed E-state index contributed by atoms with van der Waals surface area (Å²) in [4.78, 5) is 0. The van der Waals surface area contributed by atoms with Crippen LogP contribution in [0.4, 0.5) is 8.78 Å². The van der Waals surface area contributed by atoms with Gasteiger partial charge >= 0.3 is 0 Å². The van der Waals surface area contributed by atoms with Gasteiger partial charge in [0.05, 0.1) is 4.48 Å². The molecule has 1 aromatic carbocycles. The van der Waals surface area contributed by atoms with Crippen molar-refractivity contribution in [2.45, 2.75) is 0 Å². The molecule has 0 unspecified atom stereocenters. The first-order valence-corrected chi connectivity index (χ1v) is 4.25. The molecule has 4 heteroatoms. The van der Waals surface area contributed by atoms with Crippen molar-refractivity contribution < 1.29 is 8.78 Å². The van der Waals surface area contributed by atoms with Crippen molar-refractivity contribution in [3.05, 3.63) is 40.9 Å². The summed E-state index contributed by atoms with van der Waals surface area (Å²) in [6.45, 7) is 0. The molecule has 0 aromatic heterocycles. The Kier molecular flexibility index (Phi) is 3.23. The minimum atomic E-state index is -1.75. The highest BCUT2D eigenvalue weighted by Crippen LogP contribution is 2.28. The Morgan fingerprint density at radius 1 is 1.33 bits per heavy atom. The van der Waals surface area contributed by atoms with E-state index in [4.69, 9.17) is 11.6 Å². The fourth-order valence-electron chi connectivity index (χ4n) is 0.734. The molecule has 0 aliphatic heterocycles. The quantitative estimate of drug-likeness (QED) is 0.700. The second kappa shape index (κ2) is 4.01. The van der Waals surface area contributed by atoms with Gasteiger partial charge in [-0.2, -0.15) is 8.78 Å². The maximum atomic E-state index is 12.0. The lowest BCUT2D eigenvalue weighted by Crippen LogP contribution is -1.76. The van der Waals surface area contributed by atoms with Gasteiger partial charge in [0.25, 0.3) is 6.08 Å². The standard InChI is InChI=1S/C8H4BrClF2/c9-7(8(11)12)5-2-1-3-6(10)4-5/h1-4H. The minimum Gasteiger partial charge on any atom is -0.172 e. The van der Waals surface area contributed by atoms with Crippen molar-refractivity contribution in [3.8, 4) is 0 Å². The lowest BCUT2D eigenvalue weighted by molar-refractivity contribution is 0.428. The third-order valence-corrected chi connectivity index (χ3v) is 2.24. The van der Waals surface area contributed by atoms with Gasteiger partial charge in [-0.15, -0.1) is 0 Å². The van der Waals surface area contributed by atoms with Crippen molar-refractivity contribution >= 4 is 32.0 Å². The molecule has 0 aliphatic carbocycles. The number of benzene rings is 1. The Morgan fingerprint density at radius 2 is 2.00 bits per heavy atom. The molecule has 0 radical (unpaired) electrons. The van der Waals surface area contributed by atoms with Gasteiger partial charge < -0.3 is 0 Å². The van der Waals surface area contributed by atoms with E-state index in [0.29, 0.717) is 10.6 Å². The zero-order chi connectivity index (χ0) is 9.14. The van der Waals surface area contributed by atoms with Gasteiger partial charge in [0, 0.05) is 5.02 Å². The normalized spacial score (nSPS) is 9.67. The van der Waals surface area contributed by atoms with Crippen LogP contribution in [-0.4, -0.2) is 0 Å². The van der Waals surface area contributed by atoms with Crippen molar-refractivity contribution in [1.82, 2.24) is 0 Å². The lowest BCUT2D eigenvalue weighted by atomic mass is 10.2. The van der Waals surface area contributed by atoms with Gasteiger partial charge in [-0.25, -0.2) is 0 Å². The summed E-state index contributed by atoms with van der Waals surface area (Å²) < 4.78 is 23.9. The molecule has 0 saturated heterocycles. The van der Waals surface area contributed by atoms with Crippen LogP contribution < -0.4 is 0 Å². The third-order valence-electron chi connectivity index (χ3n) is 1.24. The smallest absolute Gasteiger partial charge is 0.172 e. The molecule has 0 amide bonds. The second-order valence-corrected chi connectivity index (χ2v) is 3.31. The fourth-order valence-corrected chi connectivity index (χ4v) is 1.17. The van der Waals surface area contributed by atoms with E-state index in [2.05, 4.69) is 15.9 Å². The predicted octanol–water partition coefficient (Wildman–Crippen LogP) is 4.30. The fraction of sp³-hybridized carbons (Fsp3) is 0. The van der Waals surface area contributed by atoms with Crippen LogP contribution in [0, 0.1) is 0 Å². The summed E-state index contributed by atoms with van der Waals surface area (Å²) >= 11 is 8.36. The van der Waals surface area contributed by atoms with Crippen molar-refractivity contribution in [1.29, 1.82) is 0 Å².